The molecule has 2 bridgehead atoms. The highest BCUT2D eigenvalue weighted by atomic mass is 35.5. The predicted octanol–water partition coefficient (Wildman–Crippen LogP) is 1.13. The van der Waals surface area contributed by atoms with Gasteiger partial charge in [0.25, 0.3) is 5.91 Å². The number of halogens is 2. The molecule has 8 nitrogen and oxygen atoms in total. The van der Waals surface area contributed by atoms with Crippen LogP contribution in [0.15, 0.2) is 24.5 Å². The van der Waals surface area contributed by atoms with Crippen molar-refractivity contribution in [2.75, 3.05) is 25.1 Å². The molecule has 1 amide bonds. The fourth-order valence-electron chi connectivity index (χ4n) is 2.48. The Hall–Kier alpha value is -2.94. The molecular weight excluding hydrogens is 363 g/mol. The summed E-state index contributed by atoms with van der Waals surface area (Å²) in [7, 11) is 1.70. The molecule has 3 N–H and O–H groups in total. The summed E-state index contributed by atoms with van der Waals surface area (Å²) in [6.07, 6.45) is 2.63. The van der Waals surface area contributed by atoms with Gasteiger partial charge in [-0.05, 0) is 12.1 Å². The summed E-state index contributed by atoms with van der Waals surface area (Å²) in [6, 6.07) is 2.70. The van der Waals surface area contributed by atoms with Crippen molar-refractivity contribution in [2.45, 2.75) is 6.54 Å². The topological polar surface area (TPSA) is 107 Å². The number of rotatable bonds is 0. The molecule has 136 valence electrons. The monoisotopic (exact) mass is 378 g/mol. The number of benzene rings is 1. The van der Waals surface area contributed by atoms with Crippen LogP contribution < -0.4 is 20.4 Å². The summed E-state index contributed by atoms with van der Waals surface area (Å²) in [5, 5.41) is 18.3. The van der Waals surface area contributed by atoms with Crippen LogP contribution in [-0.2, 0) is 11.3 Å². The lowest BCUT2D eigenvalue weighted by Crippen LogP contribution is -2.41. The van der Waals surface area contributed by atoms with Gasteiger partial charge in [0.1, 0.15) is 29.5 Å². The zero-order valence-electron chi connectivity index (χ0n) is 13.8. The van der Waals surface area contributed by atoms with Crippen molar-refractivity contribution < 1.29 is 13.9 Å². The van der Waals surface area contributed by atoms with Crippen LogP contribution in [0.2, 0.25) is 5.02 Å². The van der Waals surface area contributed by atoms with E-state index >= 15 is 0 Å². The molecule has 0 saturated heterocycles. The maximum atomic E-state index is 13.9. The lowest BCUT2D eigenvalue weighted by atomic mass is 10.1. The second-order valence-corrected chi connectivity index (χ2v) is 6.03. The van der Waals surface area contributed by atoms with E-state index in [9.17, 15) is 9.18 Å². The Morgan fingerprint density at radius 1 is 1.38 bits per heavy atom. The quantitative estimate of drug-likeness (QED) is 0.638. The highest BCUT2D eigenvalue weighted by Gasteiger charge is 2.19. The first kappa shape index (κ1) is 17.9. The fourth-order valence-corrected chi connectivity index (χ4v) is 2.70. The zero-order chi connectivity index (χ0) is 18.8. The minimum absolute atomic E-state index is 0.0500. The second-order valence-electron chi connectivity index (χ2n) is 5.65. The molecule has 2 heterocycles. The van der Waals surface area contributed by atoms with Crippen LogP contribution >= 0.6 is 11.6 Å². The minimum atomic E-state index is -0.650. The van der Waals surface area contributed by atoms with Crippen LogP contribution in [0.25, 0.3) is 0 Å². The van der Waals surface area contributed by atoms with E-state index in [1.54, 1.807) is 11.9 Å². The Kier molecular flexibility index (Phi) is 4.90. The van der Waals surface area contributed by atoms with Crippen LogP contribution in [0.4, 0.5) is 10.2 Å². The number of aromatic nitrogens is 2. The van der Waals surface area contributed by atoms with Gasteiger partial charge in [0, 0.05) is 19.2 Å². The average Bonchev–Trinajstić information content (AvgIpc) is 2.63. The predicted molar refractivity (Wildman–Crippen MR) is 93.2 cm³/mol. The lowest BCUT2D eigenvalue weighted by molar-refractivity contribution is -0.115. The number of nitrogens with zero attached hydrogens (tertiary/aromatic N) is 3. The Balaban J connectivity index is 2.09. The van der Waals surface area contributed by atoms with Gasteiger partial charge in [-0.3, -0.25) is 20.2 Å². The summed E-state index contributed by atoms with van der Waals surface area (Å²) in [5.41, 5.74) is 0.330. The van der Waals surface area contributed by atoms with E-state index in [0.29, 0.717) is 17.1 Å². The number of carbonyl (C=O) groups is 1. The van der Waals surface area contributed by atoms with Crippen molar-refractivity contribution in [3.8, 4) is 5.75 Å². The van der Waals surface area contributed by atoms with Gasteiger partial charge in [-0.25, -0.2) is 9.37 Å². The molecule has 0 spiro atoms. The third kappa shape index (κ3) is 3.38. The van der Waals surface area contributed by atoms with Gasteiger partial charge in [-0.2, -0.15) is 0 Å². The first-order valence-electron chi connectivity index (χ1n) is 7.69. The highest BCUT2D eigenvalue weighted by molar-refractivity contribution is 6.37. The molecule has 10 heteroatoms. The maximum Gasteiger partial charge on any atom is 0.287 e. The Labute approximate surface area is 153 Å². The maximum absolute atomic E-state index is 13.9. The smallest absolute Gasteiger partial charge is 0.287 e. The number of carbonyl (C=O) groups excluding carboxylic acids is 1. The first-order valence-corrected chi connectivity index (χ1v) is 8.07. The highest BCUT2D eigenvalue weighted by Crippen LogP contribution is 2.31. The van der Waals surface area contributed by atoms with E-state index in [0.717, 1.165) is 4.57 Å². The standard InChI is InChI=1S/C16H16ClFN6O2/c1-23-7-9-11(3-2-10(18)14(9)17)26-5-4-21-16(25)15(20)24-8-13(23)22-6-12(24)19/h2-3,6,8,19-20H,4-5,7H2,1H3,(H,21,25). The normalized spacial score (nSPS) is 15.1. The lowest BCUT2D eigenvalue weighted by Gasteiger charge is -2.21. The molecule has 1 aliphatic rings. The summed E-state index contributed by atoms with van der Waals surface area (Å²) in [5.74, 6) is -0.844. The van der Waals surface area contributed by atoms with Crippen LogP contribution in [0.5, 0.6) is 5.75 Å². The van der Waals surface area contributed by atoms with Gasteiger partial charge < -0.3 is 15.0 Å². The van der Waals surface area contributed by atoms with E-state index in [1.807, 2.05) is 0 Å². The third-order valence-corrected chi connectivity index (χ3v) is 4.27. The molecule has 1 aliphatic heterocycles. The van der Waals surface area contributed by atoms with Crippen LogP contribution in [0.1, 0.15) is 5.56 Å². The van der Waals surface area contributed by atoms with Crippen molar-refractivity contribution in [1.29, 1.82) is 10.8 Å². The number of fused-ring (bicyclic) bond motifs is 3. The van der Waals surface area contributed by atoms with Gasteiger partial charge in [0.2, 0.25) is 0 Å². The van der Waals surface area contributed by atoms with Crippen LogP contribution in [0, 0.1) is 16.6 Å². The summed E-state index contributed by atoms with van der Waals surface area (Å²) < 4.78 is 20.6. The molecule has 0 radical (unpaired) electrons. The number of hydrogen-bond donors (Lipinski definition) is 3. The molecule has 0 fully saturated rings. The molecule has 2 aromatic rings. The van der Waals surface area contributed by atoms with Crippen molar-refractivity contribution in [2.24, 2.45) is 0 Å². The van der Waals surface area contributed by atoms with Crippen molar-refractivity contribution in [1.82, 2.24) is 14.9 Å². The third-order valence-electron chi connectivity index (χ3n) is 3.86. The second kappa shape index (κ2) is 7.12. The largest absolute Gasteiger partial charge is 0.491 e. The SMILES string of the molecule is CN1Cc2c(ccc(F)c2Cl)OCCNC(=O)C(=N)n2cc1ncc2=N. The van der Waals surface area contributed by atoms with E-state index in [-0.39, 0.29) is 30.2 Å². The van der Waals surface area contributed by atoms with Gasteiger partial charge in [-0.15, -0.1) is 0 Å². The number of ether oxygens (including phenoxy) is 1. The van der Waals surface area contributed by atoms with Gasteiger partial charge in [-0.1, -0.05) is 11.6 Å². The average molecular weight is 379 g/mol. The molecule has 1 aromatic carbocycles. The van der Waals surface area contributed by atoms with Crippen molar-refractivity contribution >= 4 is 29.2 Å². The van der Waals surface area contributed by atoms with Crippen LogP contribution in [-0.4, -0.2) is 41.5 Å². The number of amides is 1. The van der Waals surface area contributed by atoms with Crippen molar-refractivity contribution in [3.63, 3.8) is 0 Å². The van der Waals surface area contributed by atoms with Gasteiger partial charge in [0.05, 0.1) is 24.0 Å². The summed E-state index contributed by atoms with van der Waals surface area (Å²) in [6.45, 7) is 0.439. The van der Waals surface area contributed by atoms with Gasteiger partial charge in [0.15, 0.2) is 5.84 Å². The van der Waals surface area contributed by atoms with Gasteiger partial charge >= 0.3 is 0 Å². The molecule has 0 unspecified atom stereocenters. The Morgan fingerprint density at radius 2 is 2.15 bits per heavy atom. The fraction of sp³-hybridized carbons (Fsp3) is 0.250. The molecule has 0 aliphatic carbocycles. The molecule has 26 heavy (non-hydrogen) atoms. The zero-order valence-corrected chi connectivity index (χ0v) is 14.6. The summed E-state index contributed by atoms with van der Waals surface area (Å²) >= 11 is 6.12. The molecule has 3 rings (SSSR count). The first-order chi connectivity index (χ1) is 12.4. The Morgan fingerprint density at radius 3 is 2.92 bits per heavy atom. The van der Waals surface area contributed by atoms with E-state index in [2.05, 4.69) is 10.3 Å². The number of hydrogen-bond acceptors (Lipinski definition) is 6. The number of nitrogens with one attached hydrogen (secondary N) is 3. The molecule has 0 saturated carbocycles. The minimum Gasteiger partial charge on any atom is -0.491 e. The van der Waals surface area contributed by atoms with E-state index in [4.69, 9.17) is 27.2 Å². The molecule has 1 aromatic heterocycles. The Bertz CT molecular complexity index is 945. The van der Waals surface area contributed by atoms with E-state index in [1.165, 1.54) is 24.5 Å². The van der Waals surface area contributed by atoms with E-state index < -0.39 is 17.6 Å². The molecular formula is C16H16ClFN6O2. The van der Waals surface area contributed by atoms with Crippen LogP contribution in [0.3, 0.4) is 0 Å². The molecule has 0 atom stereocenters. The summed E-state index contributed by atoms with van der Waals surface area (Å²) in [4.78, 5) is 17.9. The van der Waals surface area contributed by atoms with Crippen molar-refractivity contribution in [3.05, 3.63) is 46.4 Å². The number of anilines is 1.